The molecular formula is C12H15N3OS. The highest BCUT2D eigenvalue weighted by Crippen LogP contribution is 2.23. The molecular weight excluding hydrogens is 234 g/mol. The van der Waals surface area contributed by atoms with Crippen LogP contribution in [0.15, 0.2) is 29.3 Å². The minimum atomic E-state index is 0.789. The van der Waals surface area contributed by atoms with Gasteiger partial charge in [-0.2, -0.15) is 0 Å². The predicted octanol–water partition coefficient (Wildman–Crippen LogP) is 1.82. The average molecular weight is 249 g/mol. The van der Waals surface area contributed by atoms with Crippen molar-refractivity contribution in [3.63, 3.8) is 0 Å². The number of carbonyl (C=O) groups excluding carboxylic acids is 1. The lowest BCUT2D eigenvalue weighted by Crippen LogP contribution is -2.25. The van der Waals surface area contributed by atoms with E-state index >= 15 is 0 Å². The molecule has 2 rings (SSSR count). The monoisotopic (exact) mass is 249 g/mol. The largest absolute Gasteiger partial charge is 0.378 e. The SMILES string of the molecule is CN(C)c1ccc(N(C=O)C2=NCCS2)cc1. The van der Waals surface area contributed by atoms with Crippen LogP contribution in [0.25, 0.3) is 0 Å². The molecule has 0 aliphatic carbocycles. The number of anilines is 2. The molecule has 1 aromatic carbocycles. The summed E-state index contributed by atoms with van der Waals surface area (Å²) in [6, 6.07) is 7.86. The minimum Gasteiger partial charge on any atom is -0.378 e. The number of hydrogen-bond acceptors (Lipinski definition) is 4. The Morgan fingerprint density at radius 2 is 1.88 bits per heavy atom. The van der Waals surface area contributed by atoms with Crippen molar-refractivity contribution in [2.75, 3.05) is 36.2 Å². The first kappa shape index (κ1) is 12.0. The third-order valence-corrected chi connectivity index (χ3v) is 3.50. The van der Waals surface area contributed by atoms with Crippen molar-refractivity contribution in [1.29, 1.82) is 0 Å². The van der Waals surface area contributed by atoms with Crippen LogP contribution in [0, 0.1) is 0 Å². The summed E-state index contributed by atoms with van der Waals surface area (Å²) in [5.41, 5.74) is 1.97. The fourth-order valence-corrected chi connectivity index (χ4v) is 2.43. The molecule has 0 bridgehead atoms. The topological polar surface area (TPSA) is 35.9 Å². The molecule has 1 aromatic rings. The van der Waals surface area contributed by atoms with Crippen molar-refractivity contribution < 1.29 is 4.79 Å². The number of hydrogen-bond donors (Lipinski definition) is 0. The highest BCUT2D eigenvalue weighted by Gasteiger charge is 2.16. The van der Waals surface area contributed by atoms with E-state index in [-0.39, 0.29) is 0 Å². The smallest absolute Gasteiger partial charge is 0.220 e. The maximum absolute atomic E-state index is 11.1. The Morgan fingerprint density at radius 3 is 2.35 bits per heavy atom. The van der Waals surface area contributed by atoms with Crippen LogP contribution in [0.4, 0.5) is 11.4 Å². The molecule has 1 aliphatic heterocycles. The molecule has 0 spiro atoms. The van der Waals surface area contributed by atoms with Crippen LogP contribution >= 0.6 is 11.8 Å². The van der Waals surface area contributed by atoms with Gasteiger partial charge in [0.25, 0.3) is 0 Å². The van der Waals surface area contributed by atoms with Crippen LogP contribution in [0.5, 0.6) is 0 Å². The lowest BCUT2D eigenvalue weighted by Gasteiger charge is -2.18. The van der Waals surface area contributed by atoms with Crippen molar-refractivity contribution in [2.45, 2.75) is 0 Å². The van der Waals surface area contributed by atoms with Crippen molar-refractivity contribution in [3.8, 4) is 0 Å². The van der Waals surface area contributed by atoms with Gasteiger partial charge in [0.05, 0.1) is 12.2 Å². The normalized spacial score (nSPS) is 14.4. The molecule has 0 fully saturated rings. The first-order valence-electron chi connectivity index (χ1n) is 5.41. The Bertz CT molecular complexity index is 428. The molecule has 0 saturated heterocycles. The van der Waals surface area contributed by atoms with Gasteiger partial charge in [-0.15, -0.1) is 0 Å². The number of amides is 1. The van der Waals surface area contributed by atoms with Crippen LogP contribution in [-0.4, -0.2) is 38.0 Å². The summed E-state index contributed by atoms with van der Waals surface area (Å²) in [6.45, 7) is 0.792. The fourth-order valence-electron chi connectivity index (χ4n) is 1.60. The minimum absolute atomic E-state index is 0.789. The Morgan fingerprint density at radius 1 is 1.24 bits per heavy atom. The molecule has 0 atom stereocenters. The molecule has 5 heteroatoms. The molecule has 0 N–H and O–H groups in total. The highest BCUT2D eigenvalue weighted by molar-refractivity contribution is 8.14. The molecule has 1 heterocycles. The summed E-state index contributed by atoms with van der Waals surface area (Å²) >= 11 is 1.61. The molecule has 1 aliphatic rings. The molecule has 0 aromatic heterocycles. The Balaban J connectivity index is 2.22. The van der Waals surface area contributed by atoms with Gasteiger partial charge >= 0.3 is 0 Å². The maximum Gasteiger partial charge on any atom is 0.220 e. The number of thioether (sulfide) groups is 1. The van der Waals surface area contributed by atoms with Crippen LogP contribution in [0.3, 0.4) is 0 Å². The van der Waals surface area contributed by atoms with Crippen LogP contribution in [0.1, 0.15) is 0 Å². The molecule has 17 heavy (non-hydrogen) atoms. The van der Waals surface area contributed by atoms with E-state index < -0.39 is 0 Å². The predicted molar refractivity (Wildman–Crippen MR) is 74.1 cm³/mol. The van der Waals surface area contributed by atoms with Crippen LogP contribution < -0.4 is 9.80 Å². The Labute approximate surface area is 105 Å². The maximum atomic E-state index is 11.1. The zero-order chi connectivity index (χ0) is 12.3. The van der Waals surface area contributed by atoms with Gasteiger partial charge in [-0.3, -0.25) is 14.7 Å². The zero-order valence-corrected chi connectivity index (χ0v) is 10.8. The van der Waals surface area contributed by atoms with E-state index in [1.54, 1.807) is 16.7 Å². The van der Waals surface area contributed by atoms with E-state index in [0.717, 1.165) is 35.3 Å². The summed E-state index contributed by atoms with van der Waals surface area (Å²) in [5.74, 6) is 0.954. The lowest BCUT2D eigenvalue weighted by molar-refractivity contribution is -0.106. The quantitative estimate of drug-likeness (QED) is 0.767. The van der Waals surface area contributed by atoms with Crippen molar-refractivity contribution in [1.82, 2.24) is 0 Å². The number of nitrogens with zero attached hydrogens (tertiary/aromatic N) is 3. The van der Waals surface area contributed by atoms with Gasteiger partial charge in [-0.1, -0.05) is 11.8 Å². The van der Waals surface area contributed by atoms with Crippen LogP contribution in [-0.2, 0) is 4.79 Å². The van der Waals surface area contributed by atoms with E-state index in [1.165, 1.54) is 0 Å². The van der Waals surface area contributed by atoms with Gasteiger partial charge in [0.1, 0.15) is 0 Å². The molecule has 90 valence electrons. The Hall–Kier alpha value is -1.49. The zero-order valence-electron chi connectivity index (χ0n) is 9.96. The van der Waals surface area contributed by atoms with Gasteiger partial charge in [0, 0.05) is 25.5 Å². The average Bonchev–Trinajstić information content (AvgIpc) is 2.84. The summed E-state index contributed by atoms with van der Waals surface area (Å²) in [5, 5.41) is 0.789. The summed E-state index contributed by atoms with van der Waals surface area (Å²) in [7, 11) is 3.98. The van der Waals surface area contributed by atoms with Gasteiger partial charge in [0.2, 0.25) is 6.41 Å². The molecule has 0 radical (unpaired) electrons. The highest BCUT2D eigenvalue weighted by atomic mass is 32.2. The number of carbonyl (C=O) groups is 1. The second kappa shape index (κ2) is 5.23. The third kappa shape index (κ3) is 2.61. The fraction of sp³-hybridized carbons (Fsp3) is 0.333. The van der Waals surface area contributed by atoms with Crippen molar-refractivity contribution >= 4 is 34.7 Å². The summed E-state index contributed by atoms with van der Waals surface area (Å²) in [6.07, 6.45) is 0.821. The van der Waals surface area contributed by atoms with Gasteiger partial charge < -0.3 is 4.90 Å². The molecule has 4 nitrogen and oxygen atoms in total. The van der Waals surface area contributed by atoms with Gasteiger partial charge in [-0.25, -0.2) is 0 Å². The third-order valence-electron chi connectivity index (χ3n) is 2.53. The van der Waals surface area contributed by atoms with Crippen LogP contribution in [0.2, 0.25) is 0 Å². The second-order valence-corrected chi connectivity index (χ2v) is 4.96. The standard InChI is InChI=1S/C12H15N3OS/c1-14(2)10-3-5-11(6-4-10)15(9-16)12-13-7-8-17-12/h3-6,9H,7-8H2,1-2H3. The molecule has 0 saturated carbocycles. The first-order valence-corrected chi connectivity index (χ1v) is 6.40. The van der Waals surface area contributed by atoms with Crippen molar-refractivity contribution in [3.05, 3.63) is 24.3 Å². The second-order valence-electron chi connectivity index (χ2n) is 3.90. The summed E-state index contributed by atoms with van der Waals surface area (Å²) < 4.78 is 0. The van der Waals surface area contributed by atoms with E-state index in [4.69, 9.17) is 0 Å². The molecule has 0 unspecified atom stereocenters. The van der Waals surface area contributed by atoms with E-state index in [2.05, 4.69) is 4.99 Å². The lowest BCUT2D eigenvalue weighted by atomic mass is 10.2. The van der Waals surface area contributed by atoms with E-state index in [9.17, 15) is 4.79 Å². The molecule has 1 amide bonds. The van der Waals surface area contributed by atoms with Gasteiger partial charge in [0.15, 0.2) is 5.17 Å². The first-order chi connectivity index (χ1) is 8.22. The summed E-state index contributed by atoms with van der Waals surface area (Å²) in [4.78, 5) is 19.1. The Kier molecular flexibility index (Phi) is 3.68. The number of aliphatic imine (C=N–C) groups is 1. The van der Waals surface area contributed by atoms with Crippen molar-refractivity contribution in [2.24, 2.45) is 4.99 Å². The van der Waals surface area contributed by atoms with E-state index in [0.29, 0.717) is 0 Å². The number of rotatable bonds is 3. The van der Waals surface area contributed by atoms with Gasteiger partial charge in [-0.05, 0) is 24.3 Å². The number of benzene rings is 1. The number of amidine groups is 1. The van der Waals surface area contributed by atoms with E-state index in [1.807, 2.05) is 43.3 Å².